The van der Waals surface area contributed by atoms with Crippen LogP contribution in [0, 0.1) is 0 Å². The summed E-state index contributed by atoms with van der Waals surface area (Å²) >= 11 is 1.57. The molecule has 0 aliphatic carbocycles. The second kappa shape index (κ2) is 12.1. The fraction of sp³-hybridized carbons (Fsp3) is 0.700. The molecular formula is C20H28F6N4S2+2. The minimum absolute atomic E-state index is 0.0216. The van der Waals surface area contributed by atoms with E-state index in [1.165, 1.54) is 0 Å². The molecule has 0 fully saturated rings. The summed E-state index contributed by atoms with van der Waals surface area (Å²) in [6, 6.07) is 0. The maximum absolute atomic E-state index is 13.4. The monoisotopic (exact) mass is 502 g/mol. The van der Waals surface area contributed by atoms with Gasteiger partial charge in [-0.05, 0) is 48.4 Å². The number of aromatic nitrogens is 2. The predicted molar refractivity (Wildman–Crippen MR) is 111 cm³/mol. The first kappa shape index (κ1) is 26.7. The number of alkyl halides is 6. The standard InChI is InChI=1S/C20H28F6N4S2/c1-3-5-7-9-11-29-15(19(21,22)23)13-31-17(29)27-28-18-30(12-10-8-6-4-2)16(14-32-18)20(24,25)26/h13-14H,3-12H2,1-2H3/q+2. The normalized spacial score (nSPS) is 12.9. The van der Waals surface area contributed by atoms with Crippen LogP contribution in [0.25, 0.3) is 0 Å². The first-order valence-corrected chi connectivity index (χ1v) is 12.4. The Morgan fingerprint density at radius 1 is 0.656 bits per heavy atom. The molecule has 0 saturated heterocycles. The number of hydrogen-bond donors (Lipinski definition) is 0. The Balaban J connectivity index is 2.31. The lowest BCUT2D eigenvalue weighted by atomic mass is 10.2. The van der Waals surface area contributed by atoms with Crippen LogP contribution in [0.1, 0.15) is 76.6 Å². The molecule has 0 bridgehead atoms. The quantitative estimate of drug-likeness (QED) is 0.122. The largest absolute Gasteiger partial charge is 0.454 e. The van der Waals surface area contributed by atoms with Crippen molar-refractivity contribution in [2.75, 3.05) is 0 Å². The van der Waals surface area contributed by atoms with Gasteiger partial charge in [-0.1, -0.05) is 39.5 Å². The molecule has 0 aliphatic rings. The Kier molecular flexibility index (Phi) is 10.1. The van der Waals surface area contributed by atoms with Gasteiger partial charge in [-0.25, -0.2) is 9.13 Å². The zero-order valence-electron chi connectivity index (χ0n) is 18.1. The Hall–Kier alpha value is -1.56. The van der Waals surface area contributed by atoms with E-state index in [2.05, 4.69) is 10.2 Å². The number of nitrogens with zero attached hydrogens (tertiary/aromatic N) is 4. The highest BCUT2D eigenvalue weighted by molar-refractivity contribution is 7.13. The number of azo groups is 1. The van der Waals surface area contributed by atoms with Crippen LogP contribution >= 0.6 is 22.7 Å². The van der Waals surface area contributed by atoms with Crippen molar-refractivity contribution in [2.45, 2.75) is 90.7 Å². The average molecular weight is 503 g/mol. The van der Waals surface area contributed by atoms with Gasteiger partial charge < -0.3 is 0 Å². The van der Waals surface area contributed by atoms with E-state index in [4.69, 9.17) is 0 Å². The van der Waals surface area contributed by atoms with Crippen molar-refractivity contribution in [1.29, 1.82) is 0 Å². The molecule has 0 N–H and O–H groups in total. The molecule has 0 saturated carbocycles. The lowest BCUT2D eigenvalue weighted by molar-refractivity contribution is -0.701. The molecule has 2 aromatic heterocycles. The Labute approximate surface area is 191 Å². The summed E-state index contributed by atoms with van der Waals surface area (Å²) in [5.41, 5.74) is -1.63. The van der Waals surface area contributed by atoms with E-state index in [9.17, 15) is 26.3 Å². The van der Waals surface area contributed by atoms with Crippen LogP contribution in [-0.2, 0) is 25.4 Å². The molecule has 12 heteroatoms. The zero-order chi connectivity index (χ0) is 23.8. The predicted octanol–water partition coefficient (Wildman–Crippen LogP) is 8.00. The fourth-order valence-corrected chi connectivity index (χ4v) is 4.95. The van der Waals surface area contributed by atoms with Crippen LogP contribution in [0.2, 0.25) is 0 Å². The van der Waals surface area contributed by atoms with E-state index in [0.717, 1.165) is 81.1 Å². The van der Waals surface area contributed by atoms with Crippen LogP contribution in [0.15, 0.2) is 21.0 Å². The summed E-state index contributed by atoms with van der Waals surface area (Å²) in [6.45, 7) is 4.27. The third-order valence-electron chi connectivity index (χ3n) is 4.87. The Morgan fingerprint density at radius 2 is 1.03 bits per heavy atom. The average Bonchev–Trinajstić information content (AvgIpc) is 3.30. The number of hydrogen-bond acceptors (Lipinski definition) is 4. The van der Waals surface area contributed by atoms with E-state index < -0.39 is 23.7 Å². The molecule has 0 unspecified atom stereocenters. The molecule has 2 aromatic rings. The first-order valence-electron chi connectivity index (χ1n) is 10.7. The highest BCUT2D eigenvalue weighted by Gasteiger charge is 2.43. The maximum Gasteiger partial charge on any atom is 0.454 e. The van der Waals surface area contributed by atoms with Crippen molar-refractivity contribution in [1.82, 2.24) is 0 Å². The van der Waals surface area contributed by atoms with Gasteiger partial charge in [0.1, 0.15) is 0 Å². The summed E-state index contributed by atoms with van der Waals surface area (Å²) in [6.07, 6.45) is -2.69. The number of unbranched alkanes of at least 4 members (excludes halogenated alkanes) is 6. The number of rotatable bonds is 12. The summed E-state index contributed by atoms with van der Waals surface area (Å²) in [5.74, 6) is 0. The van der Waals surface area contributed by atoms with Crippen LogP contribution in [0.5, 0.6) is 0 Å². The molecule has 180 valence electrons. The second-order valence-electron chi connectivity index (χ2n) is 7.43. The third kappa shape index (κ3) is 7.50. The van der Waals surface area contributed by atoms with Gasteiger partial charge in [-0.2, -0.15) is 26.3 Å². The van der Waals surface area contributed by atoms with Crippen LogP contribution in [0.4, 0.5) is 36.6 Å². The molecule has 32 heavy (non-hydrogen) atoms. The van der Waals surface area contributed by atoms with Crippen molar-refractivity contribution >= 4 is 32.9 Å². The van der Waals surface area contributed by atoms with Crippen molar-refractivity contribution in [2.24, 2.45) is 10.2 Å². The van der Waals surface area contributed by atoms with E-state index in [1.807, 2.05) is 13.8 Å². The van der Waals surface area contributed by atoms with Crippen LogP contribution < -0.4 is 9.13 Å². The summed E-state index contributed by atoms with van der Waals surface area (Å²) in [5, 5.41) is 9.87. The highest BCUT2D eigenvalue weighted by Crippen LogP contribution is 2.34. The maximum atomic E-state index is 13.4. The van der Waals surface area contributed by atoms with E-state index in [-0.39, 0.29) is 23.4 Å². The van der Waals surface area contributed by atoms with Gasteiger partial charge in [0, 0.05) is 0 Å². The van der Waals surface area contributed by atoms with Gasteiger partial charge in [0.15, 0.2) is 0 Å². The minimum atomic E-state index is -4.54. The lowest BCUT2D eigenvalue weighted by Gasteiger charge is -2.06. The van der Waals surface area contributed by atoms with Gasteiger partial charge >= 0.3 is 22.6 Å². The molecule has 0 amide bonds. The van der Waals surface area contributed by atoms with Crippen molar-refractivity contribution in [3.63, 3.8) is 0 Å². The van der Waals surface area contributed by atoms with E-state index in [0.29, 0.717) is 12.8 Å². The van der Waals surface area contributed by atoms with Gasteiger partial charge in [0.2, 0.25) is 21.6 Å². The Bertz CT molecular complexity index is 800. The van der Waals surface area contributed by atoms with Gasteiger partial charge in [0.05, 0.1) is 23.8 Å². The van der Waals surface area contributed by atoms with Gasteiger partial charge in [0.25, 0.3) is 0 Å². The zero-order valence-corrected chi connectivity index (χ0v) is 19.7. The van der Waals surface area contributed by atoms with E-state index in [1.54, 1.807) is 0 Å². The molecule has 0 radical (unpaired) electrons. The van der Waals surface area contributed by atoms with Gasteiger partial charge in [-0.3, -0.25) is 0 Å². The fourth-order valence-electron chi connectivity index (χ4n) is 3.18. The minimum Gasteiger partial charge on any atom is -0.206 e. The second-order valence-corrected chi connectivity index (χ2v) is 9.10. The molecule has 4 nitrogen and oxygen atoms in total. The number of halogens is 6. The molecule has 0 atom stereocenters. The third-order valence-corrected chi connectivity index (χ3v) is 6.58. The van der Waals surface area contributed by atoms with Crippen LogP contribution in [-0.4, -0.2) is 0 Å². The summed E-state index contributed by atoms with van der Waals surface area (Å²) in [7, 11) is 0. The topological polar surface area (TPSA) is 32.5 Å². The smallest absolute Gasteiger partial charge is 0.206 e. The van der Waals surface area contributed by atoms with Crippen molar-refractivity contribution < 1.29 is 35.5 Å². The number of thiazole rings is 2. The Morgan fingerprint density at radius 3 is 1.34 bits per heavy atom. The molecule has 0 aromatic carbocycles. The first-order chi connectivity index (χ1) is 15.1. The van der Waals surface area contributed by atoms with E-state index >= 15 is 0 Å². The molecule has 0 aliphatic heterocycles. The van der Waals surface area contributed by atoms with Gasteiger partial charge in [-0.15, -0.1) is 0 Å². The van der Waals surface area contributed by atoms with Crippen molar-refractivity contribution in [3.8, 4) is 0 Å². The van der Waals surface area contributed by atoms with Crippen molar-refractivity contribution in [3.05, 3.63) is 22.1 Å². The lowest BCUT2D eigenvalue weighted by Crippen LogP contribution is -2.40. The highest BCUT2D eigenvalue weighted by atomic mass is 32.1. The summed E-state index contributed by atoms with van der Waals surface area (Å²) < 4.78 is 82.5. The SMILES string of the molecule is CCCCCC[n+]1c(C(F)(F)F)csc1/N=N/c1scc(C(F)(F)F)[n+]1CCCCCC. The molecule has 2 rings (SSSR count). The molecular weight excluding hydrogens is 474 g/mol. The summed E-state index contributed by atoms with van der Waals surface area (Å²) in [4.78, 5) is 0. The molecule has 0 spiro atoms. The van der Waals surface area contributed by atoms with Crippen LogP contribution in [0.3, 0.4) is 0 Å². The molecule has 2 heterocycles.